The molecule has 0 aliphatic carbocycles. The van der Waals surface area contributed by atoms with Gasteiger partial charge in [-0.1, -0.05) is 24.8 Å². The number of hydrogen-bond donors (Lipinski definition) is 1. The van der Waals surface area contributed by atoms with Gasteiger partial charge in [0.15, 0.2) is 0 Å². The van der Waals surface area contributed by atoms with Gasteiger partial charge in [-0.05, 0) is 19.3 Å². The molecule has 0 saturated heterocycles. The summed E-state index contributed by atoms with van der Waals surface area (Å²) in [5, 5.41) is 8.38. The number of hydrogen-bond acceptors (Lipinski definition) is 1. The van der Waals surface area contributed by atoms with Crippen LogP contribution in [0.5, 0.6) is 0 Å². The summed E-state index contributed by atoms with van der Waals surface area (Å²) >= 11 is 0. The third kappa shape index (κ3) is 7.44. The Balaban J connectivity index is 2.90. The second-order valence-electron chi connectivity index (χ2n) is 1.88. The number of rotatable bonds is 5. The number of allylic oxidation sites excluding steroid dienone is 3. The minimum atomic E-state index is 0.307. The van der Waals surface area contributed by atoms with Crippen LogP contribution in [0, 0.1) is 0 Å². The molecule has 0 aromatic rings. The minimum absolute atomic E-state index is 0.307. The SMILES string of the molecule is C=C/C=C\CCCCO. The fraction of sp³-hybridized carbons (Fsp3) is 0.500. The lowest BCUT2D eigenvalue weighted by atomic mass is 10.2. The van der Waals surface area contributed by atoms with Gasteiger partial charge in [-0.3, -0.25) is 0 Å². The zero-order valence-electron chi connectivity index (χ0n) is 5.71. The van der Waals surface area contributed by atoms with Crippen LogP contribution in [0.25, 0.3) is 0 Å². The summed E-state index contributed by atoms with van der Waals surface area (Å²) in [6.45, 7) is 3.85. The maximum absolute atomic E-state index is 8.38. The lowest BCUT2D eigenvalue weighted by Gasteiger charge is -1.88. The summed E-state index contributed by atoms with van der Waals surface area (Å²) in [7, 11) is 0. The largest absolute Gasteiger partial charge is 0.396 e. The summed E-state index contributed by atoms with van der Waals surface area (Å²) in [5.41, 5.74) is 0. The van der Waals surface area contributed by atoms with Gasteiger partial charge in [0.1, 0.15) is 0 Å². The normalized spacial score (nSPS) is 10.3. The summed E-state index contributed by atoms with van der Waals surface area (Å²) in [6.07, 6.45) is 8.77. The van der Waals surface area contributed by atoms with Gasteiger partial charge < -0.3 is 5.11 Å². The lowest BCUT2D eigenvalue weighted by Crippen LogP contribution is -1.79. The molecule has 9 heavy (non-hydrogen) atoms. The van der Waals surface area contributed by atoms with E-state index >= 15 is 0 Å². The van der Waals surface area contributed by atoms with E-state index in [1.54, 1.807) is 6.08 Å². The van der Waals surface area contributed by atoms with Crippen molar-refractivity contribution < 1.29 is 5.11 Å². The Bertz CT molecular complexity index is 84.6. The maximum atomic E-state index is 8.38. The van der Waals surface area contributed by atoms with Crippen molar-refractivity contribution in [1.82, 2.24) is 0 Å². The fourth-order valence-corrected chi connectivity index (χ4v) is 0.566. The predicted molar refractivity (Wildman–Crippen MR) is 40.3 cm³/mol. The molecule has 1 N–H and O–H groups in total. The van der Waals surface area contributed by atoms with E-state index in [1.165, 1.54) is 0 Å². The average molecular weight is 126 g/mol. The smallest absolute Gasteiger partial charge is 0.0431 e. The Morgan fingerprint density at radius 1 is 1.33 bits per heavy atom. The standard InChI is InChI=1S/C8H14O/c1-2-3-4-5-6-7-8-9/h2-4,9H,1,5-8H2/b4-3-. The zero-order valence-corrected chi connectivity index (χ0v) is 5.71. The molecule has 1 heteroatoms. The second-order valence-corrected chi connectivity index (χ2v) is 1.88. The van der Waals surface area contributed by atoms with Gasteiger partial charge in [0.2, 0.25) is 0 Å². The molecule has 0 aliphatic heterocycles. The average Bonchev–Trinajstić information content (AvgIpc) is 1.89. The van der Waals surface area contributed by atoms with Gasteiger partial charge in [0, 0.05) is 6.61 Å². The van der Waals surface area contributed by atoms with E-state index in [4.69, 9.17) is 5.11 Å². The van der Waals surface area contributed by atoms with Gasteiger partial charge in [-0.2, -0.15) is 0 Å². The van der Waals surface area contributed by atoms with Crippen molar-refractivity contribution in [3.8, 4) is 0 Å². The molecule has 0 bridgehead atoms. The molecule has 0 amide bonds. The Labute approximate surface area is 56.7 Å². The van der Waals surface area contributed by atoms with Crippen molar-refractivity contribution >= 4 is 0 Å². The fourth-order valence-electron chi connectivity index (χ4n) is 0.566. The molecule has 0 radical (unpaired) electrons. The van der Waals surface area contributed by atoms with Crippen LogP contribution in [0.15, 0.2) is 24.8 Å². The first-order valence-electron chi connectivity index (χ1n) is 3.30. The predicted octanol–water partition coefficient (Wildman–Crippen LogP) is 1.89. The lowest BCUT2D eigenvalue weighted by molar-refractivity contribution is 0.285. The highest BCUT2D eigenvalue weighted by atomic mass is 16.2. The van der Waals surface area contributed by atoms with Gasteiger partial charge in [0.05, 0.1) is 0 Å². The quantitative estimate of drug-likeness (QED) is 0.440. The molecule has 0 spiro atoms. The van der Waals surface area contributed by atoms with Gasteiger partial charge in [-0.25, -0.2) is 0 Å². The van der Waals surface area contributed by atoms with E-state index < -0.39 is 0 Å². The number of aliphatic hydroxyl groups is 1. The van der Waals surface area contributed by atoms with Crippen molar-refractivity contribution in [2.45, 2.75) is 19.3 Å². The van der Waals surface area contributed by atoms with Gasteiger partial charge in [-0.15, -0.1) is 0 Å². The van der Waals surface area contributed by atoms with E-state index in [9.17, 15) is 0 Å². The van der Waals surface area contributed by atoms with Crippen molar-refractivity contribution in [2.24, 2.45) is 0 Å². The van der Waals surface area contributed by atoms with Crippen molar-refractivity contribution in [3.05, 3.63) is 24.8 Å². The molecule has 0 unspecified atom stereocenters. The van der Waals surface area contributed by atoms with Crippen molar-refractivity contribution in [1.29, 1.82) is 0 Å². The monoisotopic (exact) mass is 126 g/mol. The minimum Gasteiger partial charge on any atom is -0.396 e. The summed E-state index contributed by atoms with van der Waals surface area (Å²) in [4.78, 5) is 0. The van der Waals surface area contributed by atoms with E-state index in [-0.39, 0.29) is 0 Å². The topological polar surface area (TPSA) is 20.2 Å². The molecule has 0 aliphatic rings. The second kappa shape index (κ2) is 7.44. The molecule has 0 aromatic heterocycles. The van der Waals surface area contributed by atoms with Crippen LogP contribution >= 0.6 is 0 Å². The van der Waals surface area contributed by atoms with E-state index in [2.05, 4.69) is 12.7 Å². The molecule has 0 fully saturated rings. The Morgan fingerprint density at radius 3 is 2.67 bits per heavy atom. The third-order valence-electron chi connectivity index (χ3n) is 1.05. The van der Waals surface area contributed by atoms with Crippen LogP contribution in [0.3, 0.4) is 0 Å². The zero-order chi connectivity index (χ0) is 6.95. The first-order chi connectivity index (χ1) is 4.41. The van der Waals surface area contributed by atoms with Crippen molar-refractivity contribution in [2.75, 3.05) is 6.61 Å². The van der Waals surface area contributed by atoms with Gasteiger partial charge in [0.25, 0.3) is 0 Å². The molecule has 1 nitrogen and oxygen atoms in total. The highest BCUT2D eigenvalue weighted by Gasteiger charge is 1.79. The van der Waals surface area contributed by atoms with Crippen LogP contribution < -0.4 is 0 Å². The Morgan fingerprint density at radius 2 is 2.11 bits per heavy atom. The molecule has 52 valence electrons. The van der Waals surface area contributed by atoms with Crippen LogP contribution in [0.2, 0.25) is 0 Å². The summed E-state index contributed by atoms with van der Waals surface area (Å²) in [5.74, 6) is 0. The van der Waals surface area contributed by atoms with Crippen LogP contribution in [-0.2, 0) is 0 Å². The van der Waals surface area contributed by atoms with Crippen LogP contribution in [0.4, 0.5) is 0 Å². The highest BCUT2D eigenvalue weighted by Crippen LogP contribution is 1.94. The van der Waals surface area contributed by atoms with Gasteiger partial charge >= 0.3 is 0 Å². The first-order valence-corrected chi connectivity index (χ1v) is 3.30. The molecular weight excluding hydrogens is 112 g/mol. The summed E-state index contributed by atoms with van der Waals surface area (Å²) < 4.78 is 0. The molecule has 0 heterocycles. The van der Waals surface area contributed by atoms with E-state index in [1.807, 2.05) is 6.08 Å². The Kier molecular flexibility index (Phi) is 6.98. The molecular formula is C8H14O. The van der Waals surface area contributed by atoms with E-state index in [0.29, 0.717) is 6.61 Å². The number of aliphatic hydroxyl groups excluding tert-OH is 1. The number of unbranched alkanes of at least 4 members (excludes halogenated alkanes) is 2. The molecule has 0 aromatic carbocycles. The first kappa shape index (κ1) is 8.44. The van der Waals surface area contributed by atoms with Crippen LogP contribution in [-0.4, -0.2) is 11.7 Å². The highest BCUT2D eigenvalue weighted by molar-refractivity contribution is 4.96. The molecule has 0 rings (SSSR count). The van der Waals surface area contributed by atoms with E-state index in [0.717, 1.165) is 19.3 Å². The van der Waals surface area contributed by atoms with Crippen LogP contribution in [0.1, 0.15) is 19.3 Å². The maximum Gasteiger partial charge on any atom is 0.0431 e. The third-order valence-corrected chi connectivity index (χ3v) is 1.05. The molecule has 0 atom stereocenters. The summed E-state index contributed by atoms with van der Waals surface area (Å²) in [6, 6.07) is 0. The van der Waals surface area contributed by atoms with Crippen molar-refractivity contribution in [3.63, 3.8) is 0 Å². The molecule has 0 saturated carbocycles. The Hall–Kier alpha value is -0.560.